The van der Waals surface area contributed by atoms with Crippen molar-refractivity contribution in [3.05, 3.63) is 42.5 Å². The third-order valence-corrected chi connectivity index (χ3v) is 2.84. The van der Waals surface area contributed by atoms with E-state index in [0.29, 0.717) is 5.69 Å². The second-order valence-corrected chi connectivity index (χ2v) is 5.56. The third kappa shape index (κ3) is 3.65. The lowest BCUT2D eigenvalue weighted by Gasteiger charge is -2.22. The second kappa shape index (κ2) is 5.74. The predicted molar refractivity (Wildman–Crippen MR) is 78.2 cm³/mol. The standard InChI is InChI=1S/C14H17N5O2/c1-14(2,3)10-6-4-5-7-11(10)17-12(20)13(21)18-19-8-15-16-9-19/h4-9H,1-3H3,(H,17,20)(H,18,21). The number of hydrogen-bond acceptors (Lipinski definition) is 4. The van der Waals surface area contributed by atoms with E-state index < -0.39 is 11.8 Å². The molecule has 2 N–H and O–H groups in total. The van der Waals surface area contributed by atoms with E-state index >= 15 is 0 Å². The van der Waals surface area contributed by atoms with Crippen LogP contribution in [0.3, 0.4) is 0 Å². The van der Waals surface area contributed by atoms with E-state index in [2.05, 4.69) is 20.9 Å². The van der Waals surface area contributed by atoms with Crippen LogP contribution < -0.4 is 10.7 Å². The molecule has 7 heteroatoms. The zero-order valence-electron chi connectivity index (χ0n) is 12.1. The number of carbonyl (C=O) groups is 2. The van der Waals surface area contributed by atoms with Crippen molar-refractivity contribution in [2.75, 3.05) is 10.7 Å². The molecular formula is C14H17N5O2. The van der Waals surface area contributed by atoms with Crippen LogP contribution in [0.25, 0.3) is 0 Å². The van der Waals surface area contributed by atoms with Gasteiger partial charge in [0, 0.05) is 5.69 Å². The molecule has 7 nitrogen and oxygen atoms in total. The van der Waals surface area contributed by atoms with Crippen LogP contribution in [-0.2, 0) is 15.0 Å². The van der Waals surface area contributed by atoms with Crippen LogP contribution in [0.2, 0.25) is 0 Å². The average Bonchev–Trinajstić information content (AvgIpc) is 2.91. The summed E-state index contributed by atoms with van der Waals surface area (Å²) in [5, 5.41) is 9.69. The van der Waals surface area contributed by atoms with Gasteiger partial charge in [-0.1, -0.05) is 39.0 Å². The number of hydrogen-bond donors (Lipinski definition) is 2. The number of carbonyl (C=O) groups excluding carboxylic acids is 2. The number of anilines is 1. The Bertz CT molecular complexity index is 644. The SMILES string of the molecule is CC(C)(C)c1ccccc1NC(=O)C(=O)Nn1cnnc1. The van der Waals surface area contributed by atoms with Crippen LogP contribution in [0.5, 0.6) is 0 Å². The minimum absolute atomic E-state index is 0.144. The van der Waals surface area contributed by atoms with Crippen LogP contribution in [0.15, 0.2) is 36.9 Å². The first-order chi connectivity index (χ1) is 9.88. The smallest absolute Gasteiger partial charge is 0.317 e. The topological polar surface area (TPSA) is 88.9 Å². The molecule has 0 radical (unpaired) electrons. The maximum atomic E-state index is 11.9. The molecule has 0 saturated carbocycles. The summed E-state index contributed by atoms with van der Waals surface area (Å²) in [7, 11) is 0. The fraction of sp³-hybridized carbons (Fsp3) is 0.286. The van der Waals surface area contributed by atoms with Gasteiger partial charge in [0.2, 0.25) is 0 Å². The molecule has 0 bridgehead atoms. The van der Waals surface area contributed by atoms with E-state index in [9.17, 15) is 9.59 Å². The molecule has 2 aromatic rings. The molecular weight excluding hydrogens is 270 g/mol. The van der Waals surface area contributed by atoms with Gasteiger partial charge in [0.15, 0.2) is 0 Å². The molecule has 0 fully saturated rings. The van der Waals surface area contributed by atoms with Crippen LogP contribution in [-0.4, -0.2) is 26.7 Å². The monoisotopic (exact) mass is 287 g/mol. The lowest BCUT2D eigenvalue weighted by atomic mass is 9.86. The van der Waals surface area contributed by atoms with Crippen molar-refractivity contribution in [3.63, 3.8) is 0 Å². The van der Waals surface area contributed by atoms with E-state index in [0.717, 1.165) is 5.56 Å². The molecule has 110 valence electrons. The summed E-state index contributed by atoms with van der Waals surface area (Å²) < 4.78 is 1.21. The van der Waals surface area contributed by atoms with Gasteiger partial charge in [0.25, 0.3) is 0 Å². The van der Waals surface area contributed by atoms with E-state index in [1.807, 2.05) is 39.0 Å². The fourth-order valence-electron chi connectivity index (χ4n) is 1.85. The molecule has 1 heterocycles. The maximum Gasteiger partial charge on any atom is 0.328 e. The van der Waals surface area contributed by atoms with Gasteiger partial charge in [-0.3, -0.25) is 15.0 Å². The Morgan fingerprint density at radius 2 is 1.67 bits per heavy atom. The Morgan fingerprint density at radius 1 is 1.05 bits per heavy atom. The molecule has 0 aliphatic carbocycles. The minimum Gasteiger partial charge on any atom is -0.317 e. The molecule has 0 atom stereocenters. The molecule has 2 amide bonds. The number of benzene rings is 1. The van der Waals surface area contributed by atoms with Gasteiger partial charge in [-0.05, 0) is 17.0 Å². The van der Waals surface area contributed by atoms with Crippen LogP contribution >= 0.6 is 0 Å². The molecule has 0 aliphatic rings. The Hall–Kier alpha value is -2.70. The maximum absolute atomic E-state index is 11.9. The first-order valence-electron chi connectivity index (χ1n) is 6.44. The second-order valence-electron chi connectivity index (χ2n) is 5.56. The Morgan fingerprint density at radius 3 is 2.29 bits per heavy atom. The van der Waals surface area contributed by atoms with E-state index in [-0.39, 0.29) is 5.41 Å². The largest absolute Gasteiger partial charge is 0.328 e. The molecule has 0 unspecified atom stereocenters. The molecule has 0 aliphatic heterocycles. The number of rotatable bonds is 2. The minimum atomic E-state index is -0.793. The fourth-order valence-corrected chi connectivity index (χ4v) is 1.85. The van der Waals surface area contributed by atoms with Gasteiger partial charge >= 0.3 is 11.8 Å². The van der Waals surface area contributed by atoms with Gasteiger partial charge in [-0.25, -0.2) is 4.68 Å². The predicted octanol–water partition coefficient (Wildman–Crippen LogP) is 1.28. The van der Waals surface area contributed by atoms with Crippen LogP contribution in [0.4, 0.5) is 5.69 Å². The summed E-state index contributed by atoms with van der Waals surface area (Å²) in [5.41, 5.74) is 3.77. The lowest BCUT2D eigenvalue weighted by molar-refractivity contribution is -0.133. The number of aromatic nitrogens is 3. The van der Waals surface area contributed by atoms with Gasteiger partial charge in [0.05, 0.1) is 0 Å². The lowest BCUT2D eigenvalue weighted by Crippen LogP contribution is -2.34. The van der Waals surface area contributed by atoms with Gasteiger partial charge in [-0.2, -0.15) is 0 Å². The number of para-hydroxylation sites is 1. The molecule has 0 spiro atoms. The van der Waals surface area contributed by atoms with E-state index in [4.69, 9.17) is 0 Å². The zero-order chi connectivity index (χ0) is 15.5. The normalized spacial score (nSPS) is 11.0. The summed E-state index contributed by atoms with van der Waals surface area (Å²) in [6, 6.07) is 7.40. The van der Waals surface area contributed by atoms with Crippen LogP contribution in [0, 0.1) is 0 Å². The summed E-state index contributed by atoms with van der Waals surface area (Å²) in [5.74, 6) is -1.54. The highest BCUT2D eigenvalue weighted by Crippen LogP contribution is 2.29. The van der Waals surface area contributed by atoms with Crippen molar-refractivity contribution < 1.29 is 9.59 Å². The Balaban J connectivity index is 2.11. The zero-order valence-corrected chi connectivity index (χ0v) is 12.1. The summed E-state index contributed by atoms with van der Waals surface area (Å²) in [6.45, 7) is 6.11. The molecule has 2 rings (SSSR count). The molecule has 1 aromatic heterocycles. The average molecular weight is 287 g/mol. The van der Waals surface area contributed by atoms with Gasteiger partial charge in [-0.15, -0.1) is 10.2 Å². The highest BCUT2D eigenvalue weighted by atomic mass is 16.2. The summed E-state index contributed by atoms with van der Waals surface area (Å²) in [4.78, 5) is 23.7. The Labute approximate surface area is 122 Å². The summed E-state index contributed by atoms with van der Waals surface area (Å²) >= 11 is 0. The highest BCUT2D eigenvalue weighted by Gasteiger charge is 2.21. The first kappa shape index (κ1) is 14.7. The van der Waals surface area contributed by atoms with Crippen molar-refractivity contribution in [3.8, 4) is 0 Å². The van der Waals surface area contributed by atoms with Crippen molar-refractivity contribution in [1.29, 1.82) is 0 Å². The third-order valence-electron chi connectivity index (χ3n) is 2.84. The summed E-state index contributed by atoms with van der Waals surface area (Å²) in [6.07, 6.45) is 2.57. The van der Waals surface area contributed by atoms with E-state index in [1.165, 1.54) is 17.3 Å². The number of amides is 2. The molecule has 1 aromatic carbocycles. The van der Waals surface area contributed by atoms with E-state index in [1.54, 1.807) is 6.07 Å². The number of nitrogens with zero attached hydrogens (tertiary/aromatic N) is 3. The van der Waals surface area contributed by atoms with Crippen molar-refractivity contribution >= 4 is 17.5 Å². The number of nitrogens with one attached hydrogen (secondary N) is 2. The highest BCUT2D eigenvalue weighted by molar-refractivity contribution is 6.42. The van der Waals surface area contributed by atoms with Crippen molar-refractivity contribution in [2.24, 2.45) is 0 Å². The molecule has 21 heavy (non-hydrogen) atoms. The quantitative estimate of drug-likeness (QED) is 0.814. The molecule has 0 saturated heterocycles. The van der Waals surface area contributed by atoms with Gasteiger partial charge in [0.1, 0.15) is 12.7 Å². The van der Waals surface area contributed by atoms with Gasteiger partial charge < -0.3 is 5.32 Å². The van der Waals surface area contributed by atoms with Crippen molar-refractivity contribution in [1.82, 2.24) is 14.9 Å². The van der Waals surface area contributed by atoms with Crippen molar-refractivity contribution in [2.45, 2.75) is 26.2 Å². The van der Waals surface area contributed by atoms with Crippen LogP contribution in [0.1, 0.15) is 26.3 Å². The Kier molecular flexibility index (Phi) is 4.02. The first-order valence-corrected chi connectivity index (χ1v) is 6.44.